The second-order valence-corrected chi connectivity index (χ2v) is 6.60. The predicted molar refractivity (Wildman–Crippen MR) is 64.9 cm³/mol. The molecular formula is C12H15F2NO3S. The van der Waals surface area contributed by atoms with Gasteiger partial charge in [-0.25, -0.2) is 17.2 Å². The highest BCUT2D eigenvalue weighted by Gasteiger charge is 2.39. The Kier molecular flexibility index (Phi) is 3.89. The van der Waals surface area contributed by atoms with Crippen LogP contribution in [0.4, 0.5) is 8.78 Å². The zero-order chi connectivity index (χ0) is 14.2. The molecule has 2 atom stereocenters. The van der Waals surface area contributed by atoms with E-state index in [1.807, 2.05) is 6.92 Å². The number of hydrogen-bond acceptors (Lipinski definition) is 3. The zero-order valence-corrected chi connectivity index (χ0v) is 11.2. The number of rotatable bonds is 3. The molecule has 1 saturated heterocycles. The molecule has 1 heterocycles. The van der Waals surface area contributed by atoms with Gasteiger partial charge in [-0.1, -0.05) is 6.92 Å². The largest absolute Gasteiger partial charge is 0.395 e. The summed E-state index contributed by atoms with van der Waals surface area (Å²) in [6.07, 6.45) is 0.633. The van der Waals surface area contributed by atoms with Crippen LogP contribution in [0.25, 0.3) is 0 Å². The molecule has 1 aromatic rings. The highest BCUT2D eigenvalue weighted by molar-refractivity contribution is 7.89. The Bertz CT molecular complexity index is 576. The SMILES string of the molecule is CC1CCN(S(=O)(=O)c2ccc(F)c(F)c2)C1CO. The topological polar surface area (TPSA) is 57.6 Å². The van der Waals surface area contributed by atoms with Crippen LogP contribution < -0.4 is 0 Å². The molecule has 0 spiro atoms. The van der Waals surface area contributed by atoms with Gasteiger partial charge < -0.3 is 5.11 Å². The second-order valence-electron chi connectivity index (χ2n) is 4.71. The first-order chi connectivity index (χ1) is 8.87. The van der Waals surface area contributed by atoms with Crippen LogP contribution in [-0.4, -0.2) is 37.0 Å². The average Bonchev–Trinajstić information content (AvgIpc) is 2.74. The fourth-order valence-electron chi connectivity index (χ4n) is 2.32. The van der Waals surface area contributed by atoms with E-state index < -0.39 is 27.7 Å². The third-order valence-electron chi connectivity index (χ3n) is 3.52. The maximum Gasteiger partial charge on any atom is 0.243 e. The number of aliphatic hydroxyl groups is 1. The van der Waals surface area contributed by atoms with Crippen molar-refractivity contribution in [3.8, 4) is 0 Å². The minimum Gasteiger partial charge on any atom is -0.395 e. The molecule has 0 bridgehead atoms. The van der Waals surface area contributed by atoms with Crippen LogP contribution in [-0.2, 0) is 10.0 Å². The first kappa shape index (κ1) is 14.4. The minimum absolute atomic E-state index is 0.0325. The van der Waals surface area contributed by atoms with Crippen molar-refractivity contribution in [1.82, 2.24) is 4.31 Å². The average molecular weight is 291 g/mol. The van der Waals surface area contributed by atoms with Crippen molar-refractivity contribution < 1.29 is 22.3 Å². The van der Waals surface area contributed by atoms with Crippen LogP contribution in [0.3, 0.4) is 0 Å². The summed E-state index contributed by atoms with van der Waals surface area (Å²) in [5.74, 6) is -2.26. The van der Waals surface area contributed by atoms with Crippen molar-refractivity contribution in [2.45, 2.75) is 24.3 Å². The van der Waals surface area contributed by atoms with Gasteiger partial charge in [0.25, 0.3) is 0 Å². The fourth-order valence-corrected chi connectivity index (χ4v) is 4.05. The normalized spacial score (nSPS) is 24.8. The summed E-state index contributed by atoms with van der Waals surface area (Å²) in [6, 6.07) is 1.97. The number of sulfonamides is 1. The lowest BCUT2D eigenvalue weighted by atomic mass is 10.0. The Morgan fingerprint density at radius 3 is 2.63 bits per heavy atom. The molecule has 106 valence electrons. The lowest BCUT2D eigenvalue weighted by molar-refractivity contribution is 0.191. The van der Waals surface area contributed by atoms with Gasteiger partial charge in [-0.15, -0.1) is 0 Å². The molecule has 19 heavy (non-hydrogen) atoms. The van der Waals surface area contributed by atoms with Gasteiger partial charge in [0.1, 0.15) is 0 Å². The van der Waals surface area contributed by atoms with E-state index in [4.69, 9.17) is 0 Å². The molecule has 4 nitrogen and oxygen atoms in total. The molecule has 0 saturated carbocycles. The van der Waals surface area contributed by atoms with Gasteiger partial charge in [-0.2, -0.15) is 4.31 Å². The van der Waals surface area contributed by atoms with Crippen LogP contribution in [0.2, 0.25) is 0 Å². The summed E-state index contributed by atoms with van der Waals surface area (Å²) in [6.45, 7) is 1.83. The van der Waals surface area contributed by atoms with E-state index >= 15 is 0 Å². The van der Waals surface area contributed by atoms with Crippen LogP contribution in [0.1, 0.15) is 13.3 Å². The molecule has 1 aliphatic rings. The lowest BCUT2D eigenvalue weighted by Crippen LogP contribution is -2.39. The number of hydrogen-bond donors (Lipinski definition) is 1. The molecular weight excluding hydrogens is 276 g/mol. The van der Waals surface area contributed by atoms with Crippen LogP contribution in [0, 0.1) is 17.6 Å². The standard InChI is InChI=1S/C12H15F2NO3S/c1-8-4-5-15(12(8)7-16)19(17,18)9-2-3-10(13)11(14)6-9/h2-3,6,8,12,16H,4-5,7H2,1H3. The maximum atomic E-state index is 13.1. The van der Waals surface area contributed by atoms with Crippen LogP contribution in [0.15, 0.2) is 23.1 Å². The van der Waals surface area contributed by atoms with Crippen LogP contribution >= 0.6 is 0 Å². The van der Waals surface area contributed by atoms with Crippen molar-refractivity contribution >= 4 is 10.0 Å². The molecule has 1 aliphatic heterocycles. The monoisotopic (exact) mass is 291 g/mol. The first-order valence-corrected chi connectivity index (χ1v) is 7.39. The molecule has 0 aromatic heterocycles. The van der Waals surface area contributed by atoms with Crippen molar-refractivity contribution in [2.24, 2.45) is 5.92 Å². The summed E-state index contributed by atoms with van der Waals surface area (Å²) in [5.41, 5.74) is 0. The van der Waals surface area contributed by atoms with Gasteiger partial charge in [0.05, 0.1) is 17.5 Å². The first-order valence-electron chi connectivity index (χ1n) is 5.95. The molecule has 0 amide bonds. The van der Waals surface area contributed by atoms with E-state index in [-0.39, 0.29) is 24.0 Å². The molecule has 0 radical (unpaired) electrons. The summed E-state index contributed by atoms with van der Waals surface area (Å²) in [4.78, 5) is -0.293. The van der Waals surface area contributed by atoms with Crippen molar-refractivity contribution in [2.75, 3.05) is 13.2 Å². The fraction of sp³-hybridized carbons (Fsp3) is 0.500. The minimum atomic E-state index is -3.91. The van der Waals surface area contributed by atoms with Crippen molar-refractivity contribution in [1.29, 1.82) is 0 Å². The van der Waals surface area contributed by atoms with Crippen molar-refractivity contribution in [3.05, 3.63) is 29.8 Å². The van der Waals surface area contributed by atoms with E-state index in [0.717, 1.165) is 16.4 Å². The van der Waals surface area contributed by atoms with Gasteiger partial charge in [-0.05, 0) is 30.5 Å². The highest BCUT2D eigenvalue weighted by Crippen LogP contribution is 2.30. The van der Waals surface area contributed by atoms with Gasteiger partial charge in [0.2, 0.25) is 10.0 Å². The molecule has 0 aliphatic carbocycles. The molecule has 2 unspecified atom stereocenters. The third-order valence-corrected chi connectivity index (χ3v) is 5.44. The number of halogens is 2. The maximum absolute atomic E-state index is 13.1. The highest BCUT2D eigenvalue weighted by atomic mass is 32.2. The number of nitrogens with zero attached hydrogens (tertiary/aromatic N) is 1. The van der Waals surface area contributed by atoms with E-state index in [1.165, 1.54) is 0 Å². The van der Waals surface area contributed by atoms with Gasteiger partial charge in [0.15, 0.2) is 11.6 Å². The smallest absolute Gasteiger partial charge is 0.243 e. The van der Waals surface area contributed by atoms with E-state index in [2.05, 4.69) is 0 Å². The Hall–Kier alpha value is -1.05. The molecule has 1 N–H and O–H groups in total. The molecule has 1 fully saturated rings. The Labute approximate surface area is 110 Å². The number of aliphatic hydroxyl groups excluding tert-OH is 1. The molecule has 1 aromatic carbocycles. The summed E-state index contributed by atoms with van der Waals surface area (Å²) < 4.78 is 51.8. The van der Waals surface area contributed by atoms with Crippen molar-refractivity contribution in [3.63, 3.8) is 0 Å². The van der Waals surface area contributed by atoms with Gasteiger partial charge >= 0.3 is 0 Å². The second kappa shape index (κ2) is 5.15. The predicted octanol–water partition coefficient (Wildman–Crippen LogP) is 1.36. The Morgan fingerprint density at radius 2 is 2.05 bits per heavy atom. The van der Waals surface area contributed by atoms with Crippen LogP contribution in [0.5, 0.6) is 0 Å². The van der Waals surface area contributed by atoms with Gasteiger partial charge in [0, 0.05) is 6.54 Å². The Balaban J connectivity index is 2.39. The number of benzene rings is 1. The molecule has 2 rings (SSSR count). The zero-order valence-electron chi connectivity index (χ0n) is 10.4. The summed E-state index contributed by atoms with van der Waals surface area (Å²) in [5, 5.41) is 9.28. The van der Waals surface area contributed by atoms with E-state index in [9.17, 15) is 22.3 Å². The van der Waals surface area contributed by atoms with E-state index in [0.29, 0.717) is 12.5 Å². The molecule has 7 heteroatoms. The third kappa shape index (κ3) is 2.50. The summed E-state index contributed by atoms with van der Waals surface area (Å²) in [7, 11) is -3.91. The van der Waals surface area contributed by atoms with Gasteiger partial charge in [-0.3, -0.25) is 0 Å². The summed E-state index contributed by atoms with van der Waals surface area (Å²) >= 11 is 0. The lowest BCUT2D eigenvalue weighted by Gasteiger charge is -2.24. The van der Waals surface area contributed by atoms with E-state index in [1.54, 1.807) is 0 Å². The Morgan fingerprint density at radius 1 is 1.37 bits per heavy atom. The quantitative estimate of drug-likeness (QED) is 0.914.